The number of nitrogens with one attached hydrogen (secondary N) is 1. The van der Waals surface area contributed by atoms with E-state index in [1.165, 1.54) is 25.7 Å². The lowest BCUT2D eigenvalue weighted by Crippen LogP contribution is -2.56. The number of amides is 1. The Balaban J connectivity index is 0.00000272. The lowest BCUT2D eigenvalue weighted by molar-refractivity contribution is -0.127. The number of morpholine rings is 1. The Morgan fingerprint density at radius 3 is 2.42 bits per heavy atom. The first-order valence-corrected chi connectivity index (χ1v) is 11.9. The third-order valence-corrected chi connectivity index (χ3v) is 7.46. The fourth-order valence-electron chi connectivity index (χ4n) is 5.63. The molecule has 2 heterocycles. The van der Waals surface area contributed by atoms with Crippen molar-refractivity contribution in [3.8, 4) is 0 Å². The highest BCUT2D eigenvalue weighted by Gasteiger charge is 2.42. The van der Waals surface area contributed by atoms with E-state index in [0.29, 0.717) is 0 Å². The summed E-state index contributed by atoms with van der Waals surface area (Å²) in [4.78, 5) is 25.9. The van der Waals surface area contributed by atoms with Crippen LogP contribution in [0.1, 0.15) is 25.7 Å². The number of halogens is 1. The van der Waals surface area contributed by atoms with Gasteiger partial charge in [0, 0.05) is 72.5 Å². The Morgan fingerprint density at radius 2 is 1.81 bits per heavy atom. The smallest absolute Gasteiger partial charge is 0.243 e. The molecule has 9 heteroatoms. The second-order valence-corrected chi connectivity index (χ2v) is 9.57. The highest BCUT2D eigenvalue weighted by Crippen LogP contribution is 2.46. The van der Waals surface area contributed by atoms with Gasteiger partial charge in [-0.3, -0.25) is 14.6 Å². The van der Waals surface area contributed by atoms with E-state index in [9.17, 15) is 4.79 Å². The molecule has 2 saturated heterocycles. The number of carbonyl (C=O) groups excluding carboxylic acids is 1. The Labute approximate surface area is 204 Å². The van der Waals surface area contributed by atoms with Crippen LogP contribution in [0.4, 0.5) is 0 Å². The van der Waals surface area contributed by atoms with Crippen molar-refractivity contribution < 1.29 is 9.53 Å². The molecule has 0 aromatic rings. The van der Waals surface area contributed by atoms with Crippen LogP contribution in [-0.2, 0) is 9.53 Å². The molecule has 4 rings (SSSR count). The summed E-state index contributed by atoms with van der Waals surface area (Å²) in [6.45, 7) is 9.88. The van der Waals surface area contributed by atoms with Gasteiger partial charge in [-0.15, -0.1) is 24.0 Å². The Hall–Kier alpha value is -0.650. The molecule has 31 heavy (non-hydrogen) atoms. The van der Waals surface area contributed by atoms with Crippen LogP contribution in [0.2, 0.25) is 0 Å². The Kier molecular flexibility index (Phi) is 9.66. The van der Waals surface area contributed by atoms with Crippen molar-refractivity contribution in [3.05, 3.63) is 0 Å². The number of nitrogens with zero attached hydrogens (tertiary/aromatic N) is 5. The van der Waals surface area contributed by atoms with Gasteiger partial charge in [0.1, 0.15) is 6.54 Å². The van der Waals surface area contributed by atoms with Gasteiger partial charge in [-0.25, -0.2) is 4.99 Å². The summed E-state index contributed by atoms with van der Waals surface area (Å²) in [5, 5.41) is 3.55. The van der Waals surface area contributed by atoms with E-state index in [4.69, 9.17) is 9.73 Å². The van der Waals surface area contributed by atoms with Crippen molar-refractivity contribution in [1.82, 2.24) is 24.9 Å². The molecule has 8 nitrogen and oxygen atoms in total. The lowest BCUT2D eigenvalue weighted by Gasteiger charge is -2.42. The minimum Gasteiger partial charge on any atom is -0.379 e. The molecule has 3 atom stereocenters. The largest absolute Gasteiger partial charge is 0.379 e. The predicted molar refractivity (Wildman–Crippen MR) is 134 cm³/mol. The van der Waals surface area contributed by atoms with Crippen LogP contribution in [0.3, 0.4) is 0 Å². The van der Waals surface area contributed by atoms with Gasteiger partial charge >= 0.3 is 0 Å². The number of guanidine groups is 1. The topological polar surface area (TPSA) is 63.7 Å². The van der Waals surface area contributed by atoms with E-state index >= 15 is 0 Å². The van der Waals surface area contributed by atoms with Gasteiger partial charge in [-0.05, 0) is 31.1 Å². The van der Waals surface area contributed by atoms with Crippen LogP contribution in [0.25, 0.3) is 0 Å². The van der Waals surface area contributed by atoms with Crippen LogP contribution < -0.4 is 5.32 Å². The van der Waals surface area contributed by atoms with E-state index in [1.807, 2.05) is 0 Å². The molecule has 2 aliphatic heterocycles. The fourth-order valence-corrected chi connectivity index (χ4v) is 5.63. The number of rotatable bonds is 6. The molecule has 2 saturated carbocycles. The summed E-state index contributed by atoms with van der Waals surface area (Å²) < 4.78 is 5.44. The summed E-state index contributed by atoms with van der Waals surface area (Å²) in [5.74, 6) is 2.88. The molecule has 4 aliphatic rings. The first-order chi connectivity index (χ1) is 14.6. The van der Waals surface area contributed by atoms with Crippen molar-refractivity contribution in [1.29, 1.82) is 0 Å². The highest BCUT2D eigenvalue weighted by molar-refractivity contribution is 14.0. The number of fused-ring (bicyclic) bond motifs is 2. The highest BCUT2D eigenvalue weighted by atomic mass is 127. The Bertz CT molecular complexity index is 605. The van der Waals surface area contributed by atoms with Crippen molar-refractivity contribution >= 4 is 35.8 Å². The van der Waals surface area contributed by atoms with Crippen molar-refractivity contribution in [2.75, 3.05) is 86.2 Å². The molecular formula is C22H41IN6O2. The van der Waals surface area contributed by atoms with E-state index in [2.05, 4.69) is 20.0 Å². The average molecular weight is 549 g/mol. The molecule has 0 radical (unpaired) electrons. The van der Waals surface area contributed by atoms with Crippen LogP contribution >= 0.6 is 24.0 Å². The maximum Gasteiger partial charge on any atom is 0.243 e. The molecule has 2 aliphatic carbocycles. The van der Waals surface area contributed by atoms with Crippen LogP contribution in [0.15, 0.2) is 4.99 Å². The molecule has 1 N–H and O–H groups in total. The molecular weight excluding hydrogens is 507 g/mol. The van der Waals surface area contributed by atoms with Gasteiger partial charge in [0.25, 0.3) is 0 Å². The monoisotopic (exact) mass is 548 g/mol. The minimum absolute atomic E-state index is 0. The number of ether oxygens (including phenoxy) is 1. The quantitative estimate of drug-likeness (QED) is 0.301. The molecule has 1 amide bonds. The molecule has 3 unspecified atom stereocenters. The zero-order valence-electron chi connectivity index (χ0n) is 19.3. The number of carbonyl (C=O) groups is 1. The summed E-state index contributed by atoms with van der Waals surface area (Å²) in [5.41, 5.74) is 0. The van der Waals surface area contributed by atoms with Gasteiger partial charge in [0.2, 0.25) is 5.91 Å². The van der Waals surface area contributed by atoms with E-state index in [0.717, 1.165) is 89.4 Å². The summed E-state index contributed by atoms with van der Waals surface area (Å²) in [6, 6.07) is 0.816. The Morgan fingerprint density at radius 1 is 1.06 bits per heavy atom. The number of hydrogen-bond acceptors (Lipinski definition) is 5. The van der Waals surface area contributed by atoms with Gasteiger partial charge in [0.15, 0.2) is 5.96 Å². The van der Waals surface area contributed by atoms with Crippen molar-refractivity contribution in [2.45, 2.75) is 31.7 Å². The van der Waals surface area contributed by atoms with Crippen LogP contribution in [0.5, 0.6) is 0 Å². The maximum absolute atomic E-state index is 12.1. The first-order valence-electron chi connectivity index (χ1n) is 11.9. The molecule has 178 valence electrons. The first kappa shape index (κ1) is 25.0. The normalized spacial score (nSPS) is 29.7. The summed E-state index contributed by atoms with van der Waals surface area (Å²) >= 11 is 0. The minimum atomic E-state index is 0. The van der Waals surface area contributed by atoms with E-state index in [1.54, 1.807) is 19.0 Å². The van der Waals surface area contributed by atoms with E-state index in [-0.39, 0.29) is 36.4 Å². The fraction of sp³-hybridized carbons (Fsp3) is 0.909. The second-order valence-electron chi connectivity index (χ2n) is 9.57. The molecule has 0 aromatic heterocycles. The van der Waals surface area contributed by atoms with Gasteiger partial charge < -0.3 is 19.9 Å². The van der Waals surface area contributed by atoms with Crippen LogP contribution in [0, 0.1) is 11.8 Å². The summed E-state index contributed by atoms with van der Waals surface area (Å²) in [6.07, 6.45) is 5.79. The zero-order valence-corrected chi connectivity index (χ0v) is 21.6. The maximum atomic E-state index is 12.1. The van der Waals surface area contributed by atoms with Gasteiger partial charge in [-0.1, -0.05) is 6.42 Å². The number of hydrogen-bond donors (Lipinski definition) is 1. The second kappa shape index (κ2) is 12.0. The summed E-state index contributed by atoms with van der Waals surface area (Å²) in [7, 11) is 3.58. The van der Waals surface area contributed by atoms with Crippen molar-refractivity contribution in [2.24, 2.45) is 16.8 Å². The molecule has 2 bridgehead atoms. The SMILES string of the molecule is CN(C)C(=O)CN=C(NCCN1CCOCC1)N1CCN(C2CC3CCC2C3)CC1.I. The molecule has 4 fully saturated rings. The lowest BCUT2D eigenvalue weighted by atomic mass is 9.93. The number of aliphatic imine (C=N–C) groups is 1. The number of likely N-dealkylation sites (N-methyl/N-ethyl adjacent to an activating group) is 1. The average Bonchev–Trinajstić information content (AvgIpc) is 3.40. The van der Waals surface area contributed by atoms with Gasteiger partial charge in [-0.2, -0.15) is 0 Å². The molecule has 0 aromatic carbocycles. The van der Waals surface area contributed by atoms with Gasteiger partial charge in [0.05, 0.1) is 13.2 Å². The third kappa shape index (κ3) is 6.68. The number of piperazine rings is 1. The van der Waals surface area contributed by atoms with Crippen LogP contribution in [-0.4, -0.2) is 124 Å². The molecule has 0 spiro atoms. The predicted octanol–water partition coefficient (Wildman–Crippen LogP) is 0.777. The third-order valence-electron chi connectivity index (χ3n) is 7.46. The zero-order chi connectivity index (χ0) is 20.9. The van der Waals surface area contributed by atoms with E-state index < -0.39 is 0 Å². The standard InChI is InChI=1S/C22H40N6O2.HI/c1-25(2)21(29)17-24-22(23-5-6-26-11-13-30-14-12-26)28-9-7-27(8-10-28)20-16-18-3-4-19(20)15-18;/h18-20H,3-17H2,1-2H3,(H,23,24);1H. The van der Waals surface area contributed by atoms with Crippen molar-refractivity contribution in [3.63, 3.8) is 0 Å².